The van der Waals surface area contributed by atoms with Gasteiger partial charge in [-0.1, -0.05) is 20.8 Å². The van der Waals surface area contributed by atoms with E-state index in [2.05, 4.69) is 0 Å². The van der Waals surface area contributed by atoms with Crippen LogP contribution in [0.5, 0.6) is 0 Å². The van der Waals surface area contributed by atoms with Gasteiger partial charge in [0.1, 0.15) is 6.17 Å². The Balaban J connectivity index is 3.59. The summed E-state index contributed by atoms with van der Waals surface area (Å²) in [6, 6.07) is 0. The Morgan fingerprint density at radius 3 is 2.00 bits per heavy atom. The van der Waals surface area contributed by atoms with Crippen LogP contribution in [0.1, 0.15) is 27.2 Å². The van der Waals surface area contributed by atoms with Gasteiger partial charge in [-0.05, 0) is 18.4 Å². The topological polar surface area (TPSA) is 26.0 Å². The first kappa shape index (κ1) is 8.89. The van der Waals surface area contributed by atoms with Gasteiger partial charge in [-0.15, -0.1) is 0 Å². The van der Waals surface area contributed by atoms with Crippen LogP contribution in [0.15, 0.2) is 0 Å². The molecule has 0 aromatic rings. The molecule has 1 unspecified atom stereocenters. The second-order valence-corrected chi connectivity index (χ2v) is 3.41. The van der Waals surface area contributed by atoms with E-state index in [4.69, 9.17) is 5.73 Å². The SMILES string of the molecule is CC(C)(C)C(F)CCN. The minimum Gasteiger partial charge on any atom is -0.330 e. The summed E-state index contributed by atoms with van der Waals surface area (Å²) in [5, 5.41) is 0. The lowest BCUT2D eigenvalue weighted by Gasteiger charge is -2.22. The zero-order chi connectivity index (χ0) is 7.49. The molecule has 9 heavy (non-hydrogen) atoms. The standard InChI is InChI=1S/C7H16FN/c1-7(2,3)6(8)4-5-9/h6H,4-5,9H2,1-3H3. The van der Waals surface area contributed by atoms with E-state index in [-0.39, 0.29) is 5.41 Å². The van der Waals surface area contributed by atoms with Crippen molar-refractivity contribution in [2.24, 2.45) is 11.1 Å². The molecular weight excluding hydrogens is 117 g/mol. The van der Waals surface area contributed by atoms with E-state index in [0.29, 0.717) is 13.0 Å². The highest BCUT2D eigenvalue weighted by Gasteiger charge is 2.22. The van der Waals surface area contributed by atoms with E-state index < -0.39 is 6.17 Å². The highest BCUT2D eigenvalue weighted by molar-refractivity contribution is 4.72. The van der Waals surface area contributed by atoms with Gasteiger partial charge in [0.05, 0.1) is 0 Å². The molecule has 0 bridgehead atoms. The average molecular weight is 133 g/mol. The minimum atomic E-state index is -0.762. The van der Waals surface area contributed by atoms with Crippen molar-refractivity contribution < 1.29 is 4.39 Å². The minimum absolute atomic E-state index is 0.237. The summed E-state index contributed by atoms with van der Waals surface area (Å²) < 4.78 is 12.8. The predicted molar refractivity (Wildman–Crippen MR) is 38.0 cm³/mol. The summed E-state index contributed by atoms with van der Waals surface area (Å²) in [5.74, 6) is 0. The van der Waals surface area contributed by atoms with Crippen LogP contribution in [0.4, 0.5) is 4.39 Å². The van der Waals surface area contributed by atoms with Gasteiger partial charge < -0.3 is 5.73 Å². The number of rotatable bonds is 2. The zero-order valence-electron chi connectivity index (χ0n) is 6.45. The monoisotopic (exact) mass is 133 g/mol. The van der Waals surface area contributed by atoms with E-state index in [0.717, 1.165) is 0 Å². The Hall–Kier alpha value is -0.110. The molecule has 0 aliphatic carbocycles. The van der Waals surface area contributed by atoms with Crippen molar-refractivity contribution in [3.05, 3.63) is 0 Å². The first-order valence-electron chi connectivity index (χ1n) is 3.32. The summed E-state index contributed by atoms with van der Waals surface area (Å²) in [6.07, 6.45) is -0.286. The Labute approximate surface area is 56.4 Å². The van der Waals surface area contributed by atoms with E-state index in [1.54, 1.807) is 0 Å². The van der Waals surface area contributed by atoms with Gasteiger partial charge in [0.15, 0.2) is 0 Å². The molecule has 0 aliphatic rings. The van der Waals surface area contributed by atoms with Crippen LogP contribution < -0.4 is 5.73 Å². The first-order chi connectivity index (χ1) is 3.98. The molecule has 0 aromatic carbocycles. The second kappa shape index (κ2) is 3.16. The molecule has 0 fully saturated rings. The average Bonchev–Trinajstić information content (AvgIpc) is 1.64. The molecule has 0 saturated heterocycles. The number of hydrogen-bond donors (Lipinski definition) is 1. The fourth-order valence-corrected chi connectivity index (χ4v) is 0.579. The molecule has 0 radical (unpaired) electrons. The maximum atomic E-state index is 12.8. The molecule has 0 aromatic heterocycles. The molecule has 0 spiro atoms. The summed E-state index contributed by atoms with van der Waals surface area (Å²) in [4.78, 5) is 0. The molecule has 1 atom stereocenters. The van der Waals surface area contributed by atoms with Gasteiger partial charge in [-0.25, -0.2) is 4.39 Å². The van der Waals surface area contributed by atoms with Crippen molar-refractivity contribution in [1.82, 2.24) is 0 Å². The van der Waals surface area contributed by atoms with Gasteiger partial charge in [0.2, 0.25) is 0 Å². The number of halogens is 1. The summed E-state index contributed by atoms with van der Waals surface area (Å²) >= 11 is 0. The summed E-state index contributed by atoms with van der Waals surface area (Å²) in [6.45, 7) is 6.09. The smallest absolute Gasteiger partial charge is 0.106 e. The maximum absolute atomic E-state index is 12.8. The largest absolute Gasteiger partial charge is 0.330 e. The van der Waals surface area contributed by atoms with Crippen molar-refractivity contribution in [2.45, 2.75) is 33.4 Å². The third-order valence-corrected chi connectivity index (χ3v) is 1.36. The Kier molecular flexibility index (Phi) is 3.12. The molecular formula is C7H16FN. The van der Waals surface area contributed by atoms with Crippen LogP contribution in [0.25, 0.3) is 0 Å². The molecule has 0 amide bonds. The number of alkyl halides is 1. The van der Waals surface area contributed by atoms with Gasteiger partial charge in [0.25, 0.3) is 0 Å². The predicted octanol–water partition coefficient (Wildman–Crippen LogP) is 1.72. The lowest BCUT2D eigenvalue weighted by atomic mass is 9.88. The van der Waals surface area contributed by atoms with Gasteiger partial charge in [-0.3, -0.25) is 0 Å². The third-order valence-electron chi connectivity index (χ3n) is 1.36. The van der Waals surface area contributed by atoms with Crippen molar-refractivity contribution in [1.29, 1.82) is 0 Å². The Bertz CT molecular complexity index is 75.5. The van der Waals surface area contributed by atoms with Crippen molar-refractivity contribution in [2.75, 3.05) is 6.54 Å². The molecule has 0 aliphatic heterocycles. The number of nitrogens with two attached hydrogens (primary N) is 1. The second-order valence-electron chi connectivity index (χ2n) is 3.41. The van der Waals surface area contributed by atoms with E-state index in [9.17, 15) is 4.39 Å². The quantitative estimate of drug-likeness (QED) is 0.609. The van der Waals surface area contributed by atoms with Gasteiger partial charge >= 0.3 is 0 Å². The van der Waals surface area contributed by atoms with Crippen LogP contribution in [-0.4, -0.2) is 12.7 Å². The highest BCUT2D eigenvalue weighted by Crippen LogP contribution is 2.23. The Morgan fingerprint density at radius 1 is 1.44 bits per heavy atom. The normalized spacial score (nSPS) is 15.7. The van der Waals surface area contributed by atoms with Crippen molar-refractivity contribution >= 4 is 0 Å². The fourth-order valence-electron chi connectivity index (χ4n) is 0.579. The Morgan fingerprint density at radius 2 is 1.89 bits per heavy atom. The zero-order valence-corrected chi connectivity index (χ0v) is 6.45. The lowest BCUT2D eigenvalue weighted by molar-refractivity contribution is 0.155. The van der Waals surface area contributed by atoms with Crippen LogP contribution in [0.2, 0.25) is 0 Å². The molecule has 0 rings (SSSR count). The fraction of sp³-hybridized carbons (Fsp3) is 1.00. The van der Waals surface area contributed by atoms with Gasteiger partial charge in [-0.2, -0.15) is 0 Å². The van der Waals surface area contributed by atoms with Crippen molar-refractivity contribution in [3.8, 4) is 0 Å². The van der Waals surface area contributed by atoms with Crippen molar-refractivity contribution in [3.63, 3.8) is 0 Å². The molecule has 2 heteroatoms. The molecule has 1 nitrogen and oxygen atoms in total. The highest BCUT2D eigenvalue weighted by atomic mass is 19.1. The summed E-state index contributed by atoms with van der Waals surface area (Å²) in [5.41, 5.74) is 4.95. The van der Waals surface area contributed by atoms with Crippen LogP contribution in [-0.2, 0) is 0 Å². The maximum Gasteiger partial charge on any atom is 0.106 e. The first-order valence-corrected chi connectivity index (χ1v) is 3.32. The lowest BCUT2D eigenvalue weighted by Crippen LogP contribution is -2.24. The van der Waals surface area contributed by atoms with Crippen LogP contribution in [0.3, 0.4) is 0 Å². The molecule has 56 valence electrons. The summed E-state index contributed by atoms with van der Waals surface area (Å²) in [7, 11) is 0. The van der Waals surface area contributed by atoms with Crippen LogP contribution >= 0.6 is 0 Å². The van der Waals surface area contributed by atoms with E-state index in [1.807, 2.05) is 20.8 Å². The number of hydrogen-bond acceptors (Lipinski definition) is 1. The molecule has 2 N–H and O–H groups in total. The van der Waals surface area contributed by atoms with Crippen LogP contribution in [0, 0.1) is 5.41 Å². The van der Waals surface area contributed by atoms with E-state index in [1.165, 1.54) is 0 Å². The van der Waals surface area contributed by atoms with Gasteiger partial charge in [0, 0.05) is 0 Å². The third kappa shape index (κ3) is 3.46. The molecule has 0 heterocycles. The van der Waals surface area contributed by atoms with E-state index >= 15 is 0 Å². The molecule has 0 saturated carbocycles.